The van der Waals surface area contributed by atoms with Crippen LogP contribution in [0.25, 0.3) is 0 Å². The Morgan fingerprint density at radius 1 is 1.44 bits per heavy atom. The fraction of sp³-hybridized carbons (Fsp3) is 0.286. The Kier molecular flexibility index (Phi) is 3.82. The average molecular weight is 263 g/mol. The number of aldehydes is 1. The zero-order valence-electron chi connectivity index (χ0n) is 10.5. The van der Waals surface area contributed by atoms with Crippen LogP contribution in [-0.4, -0.2) is 16.1 Å². The van der Waals surface area contributed by atoms with Crippen molar-refractivity contribution in [2.24, 2.45) is 0 Å². The van der Waals surface area contributed by atoms with E-state index in [1.54, 1.807) is 4.68 Å². The number of hydrogen-bond acceptors (Lipinski definition) is 2. The number of hydrogen-bond donors (Lipinski definition) is 0. The molecule has 2 rings (SSSR count). The molecule has 0 atom stereocenters. The molecule has 1 heterocycles. The molecular weight excluding hydrogens is 248 g/mol. The lowest BCUT2D eigenvalue weighted by Gasteiger charge is -2.04. The Hall–Kier alpha value is -1.61. The van der Waals surface area contributed by atoms with Gasteiger partial charge in [-0.1, -0.05) is 48.4 Å². The minimum absolute atomic E-state index is 0.420. The monoisotopic (exact) mass is 262 g/mol. The van der Waals surface area contributed by atoms with Gasteiger partial charge < -0.3 is 0 Å². The van der Waals surface area contributed by atoms with Gasteiger partial charge in [-0.15, -0.1) is 0 Å². The molecule has 94 valence electrons. The van der Waals surface area contributed by atoms with Crippen LogP contribution in [0.1, 0.15) is 34.1 Å². The van der Waals surface area contributed by atoms with Gasteiger partial charge in [-0.25, -0.2) is 4.68 Å². The molecule has 3 nitrogen and oxygen atoms in total. The molecule has 0 spiro atoms. The molecular formula is C14H15ClN2O. The van der Waals surface area contributed by atoms with E-state index in [2.05, 4.69) is 11.2 Å². The van der Waals surface area contributed by atoms with Gasteiger partial charge in [0.1, 0.15) is 5.15 Å². The molecule has 0 unspecified atom stereocenters. The van der Waals surface area contributed by atoms with E-state index in [9.17, 15) is 4.79 Å². The minimum Gasteiger partial charge on any atom is -0.298 e. The SMILES string of the molecule is CCc1nn(Cc2cccc(C)c2)c(Cl)c1C=O. The molecule has 0 aliphatic rings. The molecule has 0 radical (unpaired) electrons. The van der Waals surface area contributed by atoms with Gasteiger partial charge >= 0.3 is 0 Å². The van der Waals surface area contributed by atoms with Crippen LogP contribution in [0.2, 0.25) is 5.15 Å². The van der Waals surface area contributed by atoms with Gasteiger partial charge in [0.15, 0.2) is 6.29 Å². The molecule has 1 aromatic heterocycles. The summed E-state index contributed by atoms with van der Waals surface area (Å²) in [5, 5.41) is 4.80. The number of benzene rings is 1. The number of aromatic nitrogens is 2. The van der Waals surface area contributed by atoms with Crippen LogP contribution in [0.15, 0.2) is 24.3 Å². The minimum atomic E-state index is 0.420. The van der Waals surface area contributed by atoms with E-state index in [1.807, 2.05) is 32.0 Å². The highest BCUT2D eigenvalue weighted by Crippen LogP contribution is 2.20. The topological polar surface area (TPSA) is 34.9 Å². The smallest absolute Gasteiger partial charge is 0.155 e. The zero-order chi connectivity index (χ0) is 13.1. The summed E-state index contributed by atoms with van der Waals surface area (Å²) < 4.78 is 1.68. The number of carbonyl (C=O) groups is 1. The van der Waals surface area contributed by atoms with Gasteiger partial charge in [-0.05, 0) is 18.9 Å². The quantitative estimate of drug-likeness (QED) is 0.793. The van der Waals surface area contributed by atoms with Crippen LogP contribution >= 0.6 is 11.6 Å². The van der Waals surface area contributed by atoms with Gasteiger partial charge in [0.05, 0.1) is 17.8 Å². The summed E-state index contributed by atoms with van der Waals surface area (Å²) in [4.78, 5) is 11.0. The Labute approximate surface area is 111 Å². The highest BCUT2D eigenvalue weighted by molar-refractivity contribution is 6.32. The van der Waals surface area contributed by atoms with Crippen LogP contribution in [0.5, 0.6) is 0 Å². The van der Waals surface area contributed by atoms with Crippen molar-refractivity contribution in [2.45, 2.75) is 26.8 Å². The fourth-order valence-corrected chi connectivity index (χ4v) is 2.22. The summed E-state index contributed by atoms with van der Waals surface area (Å²) >= 11 is 6.17. The summed E-state index contributed by atoms with van der Waals surface area (Å²) in [6, 6.07) is 8.16. The van der Waals surface area contributed by atoms with Crippen LogP contribution in [0.3, 0.4) is 0 Å². The number of halogens is 1. The van der Waals surface area contributed by atoms with Crippen molar-refractivity contribution in [3.8, 4) is 0 Å². The van der Waals surface area contributed by atoms with Crippen molar-refractivity contribution in [2.75, 3.05) is 0 Å². The maximum Gasteiger partial charge on any atom is 0.155 e. The highest BCUT2D eigenvalue weighted by atomic mass is 35.5. The van der Waals surface area contributed by atoms with Crippen molar-refractivity contribution in [3.05, 3.63) is 51.8 Å². The van der Waals surface area contributed by atoms with Crippen molar-refractivity contribution >= 4 is 17.9 Å². The second-order valence-corrected chi connectivity index (χ2v) is 4.63. The highest BCUT2D eigenvalue weighted by Gasteiger charge is 2.14. The molecule has 0 aliphatic carbocycles. The van der Waals surface area contributed by atoms with Crippen molar-refractivity contribution in [3.63, 3.8) is 0 Å². The van der Waals surface area contributed by atoms with Gasteiger partial charge in [0.2, 0.25) is 0 Å². The van der Waals surface area contributed by atoms with Crippen LogP contribution in [-0.2, 0) is 13.0 Å². The molecule has 18 heavy (non-hydrogen) atoms. The number of rotatable bonds is 4. The maximum absolute atomic E-state index is 11.0. The lowest BCUT2D eigenvalue weighted by Crippen LogP contribution is -2.02. The largest absolute Gasteiger partial charge is 0.298 e. The molecule has 0 bridgehead atoms. The Morgan fingerprint density at radius 2 is 2.22 bits per heavy atom. The van der Waals surface area contributed by atoms with Gasteiger partial charge in [-0.3, -0.25) is 4.79 Å². The summed E-state index contributed by atoms with van der Waals surface area (Å²) in [7, 11) is 0. The third-order valence-electron chi connectivity index (χ3n) is 2.87. The molecule has 0 amide bonds. The third-order valence-corrected chi connectivity index (χ3v) is 3.27. The molecule has 0 N–H and O–H groups in total. The van der Waals surface area contributed by atoms with E-state index in [4.69, 9.17) is 11.6 Å². The van der Waals surface area contributed by atoms with E-state index in [1.165, 1.54) is 5.56 Å². The predicted octanol–water partition coefficient (Wildman–Crippen LogP) is 3.27. The number of nitrogens with zero attached hydrogens (tertiary/aromatic N) is 2. The summed E-state index contributed by atoms with van der Waals surface area (Å²) in [5.41, 5.74) is 3.58. The molecule has 2 aromatic rings. The molecule has 1 aromatic carbocycles. The third kappa shape index (κ3) is 2.46. The first-order valence-electron chi connectivity index (χ1n) is 5.91. The Bertz CT molecular complexity index is 575. The second-order valence-electron chi connectivity index (χ2n) is 4.27. The van der Waals surface area contributed by atoms with Crippen molar-refractivity contribution in [1.82, 2.24) is 9.78 Å². The lowest BCUT2D eigenvalue weighted by molar-refractivity contribution is 0.112. The number of carbonyl (C=O) groups excluding carboxylic acids is 1. The molecule has 4 heteroatoms. The Morgan fingerprint density at radius 3 is 2.78 bits per heavy atom. The first kappa shape index (κ1) is 12.8. The fourth-order valence-electron chi connectivity index (χ4n) is 1.97. The van der Waals surface area contributed by atoms with E-state index in [0.717, 1.165) is 17.5 Å². The van der Waals surface area contributed by atoms with E-state index in [0.29, 0.717) is 23.7 Å². The molecule has 0 saturated heterocycles. The van der Waals surface area contributed by atoms with Gasteiger partial charge in [-0.2, -0.15) is 5.10 Å². The average Bonchev–Trinajstić information content (AvgIpc) is 2.66. The summed E-state index contributed by atoms with van der Waals surface area (Å²) in [6.45, 7) is 4.59. The second kappa shape index (κ2) is 5.36. The van der Waals surface area contributed by atoms with Crippen molar-refractivity contribution < 1.29 is 4.79 Å². The van der Waals surface area contributed by atoms with Gasteiger partial charge in [0.25, 0.3) is 0 Å². The van der Waals surface area contributed by atoms with E-state index in [-0.39, 0.29) is 0 Å². The van der Waals surface area contributed by atoms with Crippen LogP contribution in [0.4, 0.5) is 0 Å². The normalized spacial score (nSPS) is 10.6. The zero-order valence-corrected chi connectivity index (χ0v) is 11.2. The van der Waals surface area contributed by atoms with E-state index >= 15 is 0 Å². The van der Waals surface area contributed by atoms with Gasteiger partial charge in [0, 0.05) is 0 Å². The van der Waals surface area contributed by atoms with Crippen LogP contribution < -0.4 is 0 Å². The molecule has 0 aliphatic heterocycles. The summed E-state index contributed by atoms with van der Waals surface area (Å²) in [6.07, 6.45) is 1.48. The Balaban J connectivity index is 2.35. The van der Waals surface area contributed by atoms with Crippen molar-refractivity contribution in [1.29, 1.82) is 0 Å². The first-order valence-corrected chi connectivity index (χ1v) is 6.29. The van der Waals surface area contributed by atoms with Crippen LogP contribution in [0, 0.1) is 6.92 Å². The number of aryl methyl sites for hydroxylation is 2. The first-order chi connectivity index (χ1) is 8.65. The maximum atomic E-state index is 11.0. The summed E-state index contributed by atoms with van der Waals surface area (Å²) in [5.74, 6) is 0. The predicted molar refractivity (Wildman–Crippen MR) is 72.3 cm³/mol. The standard InChI is InChI=1S/C14H15ClN2O/c1-3-13-12(9-18)14(15)17(16-13)8-11-6-4-5-10(2)7-11/h4-7,9H,3,8H2,1-2H3. The lowest BCUT2D eigenvalue weighted by atomic mass is 10.1. The molecule has 0 fully saturated rings. The van der Waals surface area contributed by atoms with E-state index < -0.39 is 0 Å². The molecule has 0 saturated carbocycles.